The van der Waals surface area contributed by atoms with Crippen molar-refractivity contribution < 1.29 is 0 Å². The molecule has 0 atom stereocenters. The van der Waals surface area contributed by atoms with E-state index in [4.69, 9.17) is 11.6 Å². The number of anilines is 1. The largest absolute Gasteiger partial charge is 0.380 e. The average Bonchev–Trinajstić information content (AvgIpc) is 2.38. The predicted molar refractivity (Wildman–Crippen MR) is 92.0 cm³/mol. The van der Waals surface area contributed by atoms with E-state index in [2.05, 4.69) is 66.0 Å². The molecule has 0 aliphatic heterocycles. The molecule has 3 heteroatoms. The first kappa shape index (κ1) is 14.7. The van der Waals surface area contributed by atoms with Gasteiger partial charge in [0.25, 0.3) is 0 Å². The van der Waals surface area contributed by atoms with Crippen LogP contribution in [0.2, 0.25) is 5.02 Å². The zero-order valence-corrected chi connectivity index (χ0v) is 14.0. The quantitative estimate of drug-likeness (QED) is 0.668. The van der Waals surface area contributed by atoms with Crippen LogP contribution in [0, 0.1) is 3.57 Å². The highest BCUT2D eigenvalue weighted by atomic mass is 127. The van der Waals surface area contributed by atoms with Gasteiger partial charge in [-0.15, -0.1) is 0 Å². The Morgan fingerprint density at radius 3 is 2.37 bits per heavy atom. The SMILES string of the molecule is CC(C)c1ccc(CNc2ccc(Cl)cc2I)cc1. The second-order valence-corrected chi connectivity index (χ2v) is 6.47. The second-order valence-electron chi connectivity index (χ2n) is 4.87. The molecule has 2 aromatic rings. The van der Waals surface area contributed by atoms with E-state index in [1.165, 1.54) is 11.1 Å². The zero-order chi connectivity index (χ0) is 13.8. The van der Waals surface area contributed by atoms with Crippen molar-refractivity contribution in [2.45, 2.75) is 26.3 Å². The number of nitrogens with one attached hydrogen (secondary N) is 1. The standard InChI is InChI=1S/C16H17ClIN/c1-11(2)13-5-3-12(4-6-13)10-19-16-8-7-14(17)9-15(16)18/h3-9,11,19H,10H2,1-2H3. The fourth-order valence-corrected chi connectivity index (χ4v) is 2.91. The van der Waals surface area contributed by atoms with Gasteiger partial charge in [0.15, 0.2) is 0 Å². The minimum absolute atomic E-state index is 0.583. The third kappa shape index (κ3) is 4.11. The summed E-state index contributed by atoms with van der Waals surface area (Å²) in [6.45, 7) is 5.25. The van der Waals surface area contributed by atoms with Gasteiger partial charge in [0.2, 0.25) is 0 Å². The number of hydrogen-bond donors (Lipinski definition) is 1. The Kier molecular flexibility index (Phi) is 5.11. The van der Waals surface area contributed by atoms with Crippen LogP contribution in [-0.4, -0.2) is 0 Å². The number of benzene rings is 2. The van der Waals surface area contributed by atoms with Crippen LogP contribution in [0.5, 0.6) is 0 Å². The van der Waals surface area contributed by atoms with E-state index in [1.807, 2.05) is 18.2 Å². The van der Waals surface area contributed by atoms with Gasteiger partial charge in [-0.25, -0.2) is 0 Å². The molecule has 0 aliphatic carbocycles. The van der Waals surface area contributed by atoms with Crippen LogP contribution in [0.25, 0.3) is 0 Å². The lowest BCUT2D eigenvalue weighted by Gasteiger charge is -2.10. The van der Waals surface area contributed by atoms with Gasteiger partial charge < -0.3 is 5.32 Å². The first-order valence-corrected chi connectivity index (χ1v) is 7.79. The third-order valence-electron chi connectivity index (χ3n) is 3.06. The van der Waals surface area contributed by atoms with Crippen molar-refractivity contribution in [2.24, 2.45) is 0 Å². The maximum absolute atomic E-state index is 5.95. The van der Waals surface area contributed by atoms with Crippen LogP contribution < -0.4 is 5.32 Å². The van der Waals surface area contributed by atoms with Crippen molar-refractivity contribution in [1.29, 1.82) is 0 Å². The Hall–Kier alpha value is -0.740. The van der Waals surface area contributed by atoms with Crippen molar-refractivity contribution in [3.63, 3.8) is 0 Å². The highest BCUT2D eigenvalue weighted by molar-refractivity contribution is 14.1. The molecule has 0 amide bonds. The normalized spacial score (nSPS) is 10.8. The van der Waals surface area contributed by atoms with E-state index < -0.39 is 0 Å². The lowest BCUT2D eigenvalue weighted by Crippen LogP contribution is -2.01. The van der Waals surface area contributed by atoms with E-state index in [-0.39, 0.29) is 0 Å². The van der Waals surface area contributed by atoms with Gasteiger partial charge in [0.05, 0.1) is 0 Å². The zero-order valence-electron chi connectivity index (χ0n) is 11.1. The van der Waals surface area contributed by atoms with E-state index in [1.54, 1.807) is 0 Å². The minimum atomic E-state index is 0.583. The van der Waals surface area contributed by atoms with Crippen molar-refractivity contribution in [2.75, 3.05) is 5.32 Å². The van der Waals surface area contributed by atoms with Gasteiger partial charge in [-0.2, -0.15) is 0 Å². The van der Waals surface area contributed by atoms with Crippen LogP contribution in [-0.2, 0) is 6.54 Å². The molecule has 0 fully saturated rings. The van der Waals surface area contributed by atoms with Gasteiger partial charge in [-0.05, 0) is 57.8 Å². The fourth-order valence-electron chi connectivity index (χ4n) is 1.85. The van der Waals surface area contributed by atoms with Gasteiger partial charge in [0.1, 0.15) is 0 Å². The first-order valence-electron chi connectivity index (χ1n) is 6.34. The first-order chi connectivity index (χ1) is 9.06. The molecule has 19 heavy (non-hydrogen) atoms. The Labute approximate surface area is 133 Å². The van der Waals surface area contributed by atoms with Crippen LogP contribution >= 0.6 is 34.2 Å². The van der Waals surface area contributed by atoms with Crippen molar-refractivity contribution >= 4 is 39.9 Å². The van der Waals surface area contributed by atoms with Crippen LogP contribution in [0.15, 0.2) is 42.5 Å². The summed E-state index contributed by atoms with van der Waals surface area (Å²) in [4.78, 5) is 0. The molecule has 2 rings (SSSR count). The molecule has 0 saturated heterocycles. The number of hydrogen-bond acceptors (Lipinski definition) is 1. The fraction of sp³-hybridized carbons (Fsp3) is 0.250. The maximum Gasteiger partial charge on any atom is 0.0479 e. The summed E-state index contributed by atoms with van der Waals surface area (Å²) in [5, 5.41) is 4.21. The predicted octanol–water partition coefficient (Wildman–Crippen LogP) is 5.68. The second kappa shape index (κ2) is 6.62. The summed E-state index contributed by atoms with van der Waals surface area (Å²) in [5.41, 5.74) is 3.79. The molecule has 100 valence electrons. The maximum atomic E-state index is 5.95. The van der Waals surface area contributed by atoms with E-state index in [9.17, 15) is 0 Å². The molecular weight excluding hydrogens is 369 g/mol. The molecule has 0 unspecified atom stereocenters. The summed E-state index contributed by atoms with van der Waals surface area (Å²) in [6.07, 6.45) is 0. The molecular formula is C16H17ClIN. The Morgan fingerprint density at radius 1 is 1.11 bits per heavy atom. The van der Waals surface area contributed by atoms with Crippen LogP contribution in [0.4, 0.5) is 5.69 Å². The molecule has 0 aromatic heterocycles. The van der Waals surface area contributed by atoms with Crippen molar-refractivity contribution in [3.05, 3.63) is 62.2 Å². The van der Waals surface area contributed by atoms with E-state index in [0.717, 1.165) is 20.8 Å². The third-order valence-corrected chi connectivity index (χ3v) is 4.19. The molecule has 0 bridgehead atoms. The molecule has 0 heterocycles. The molecule has 1 nitrogen and oxygen atoms in total. The van der Waals surface area contributed by atoms with E-state index >= 15 is 0 Å². The van der Waals surface area contributed by atoms with Crippen molar-refractivity contribution in [1.82, 2.24) is 0 Å². The molecule has 0 saturated carbocycles. The number of halogens is 2. The van der Waals surface area contributed by atoms with Crippen molar-refractivity contribution in [3.8, 4) is 0 Å². The Balaban J connectivity index is 2.02. The molecule has 0 spiro atoms. The summed E-state index contributed by atoms with van der Waals surface area (Å²) in [6, 6.07) is 14.7. The molecule has 1 N–H and O–H groups in total. The summed E-state index contributed by atoms with van der Waals surface area (Å²) >= 11 is 8.24. The lowest BCUT2D eigenvalue weighted by molar-refractivity contribution is 0.865. The highest BCUT2D eigenvalue weighted by Crippen LogP contribution is 2.23. The van der Waals surface area contributed by atoms with Gasteiger partial charge in [-0.1, -0.05) is 49.7 Å². The molecule has 2 aromatic carbocycles. The smallest absolute Gasteiger partial charge is 0.0479 e. The van der Waals surface area contributed by atoms with Crippen LogP contribution in [0.1, 0.15) is 30.9 Å². The minimum Gasteiger partial charge on any atom is -0.380 e. The Bertz CT molecular complexity index is 549. The highest BCUT2D eigenvalue weighted by Gasteiger charge is 2.02. The topological polar surface area (TPSA) is 12.0 Å². The monoisotopic (exact) mass is 385 g/mol. The number of rotatable bonds is 4. The van der Waals surface area contributed by atoms with Crippen LogP contribution in [0.3, 0.4) is 0 Å². The van der Waals surface area contributed by atoms with E-state index in [0.29, 0.717) is 5.92 Å². The summed E-state index contributed by atoms with van der Waals surface area (Å²) in [5.74, 6) is 0.583. The molecule has 0 radical (unpaired) electrons. The molecule has 0 aliphatic rings. The van der Waals surface area contributed by atoms with Gasteiger partial charge in [0, 0.05) is 20.8 Å². The van der Waals surface area contributed by atoms with Gasteiger partial charge >= 0.3 is 0 Å². The average molecular weight is 386 g/mol. The Morgan fingerprint density at radius 2 is 1.79 bits per heavy atom. The summed E-state index contributed by atoms with van der Waals surface area (Å²) in [7, 11) is 0. The lowest BCUT2D eigenvalue weighted by atomic mass is 10.0. The summed E-state index contributed by atoms with van der Waals surface area (Å²) < 4.78 is 1.14. The van der Waals surface area contributed by atoms with Gasteiger partial charge in [-0.3, -0.25) is 0 Å².